The van der Waals surface area contributed by atoms with Gasteiger partial charge in [0.05, 0.1) is 6.10 Å². The van der Waals surface area contributed by atoms with E-state index in [-0.39, 0.29) is 6.10 Å². The highest BCUT2D eigenvalue weighted by Crippen LogP contribution is 2.20. The number of hydrogen-bond acceptors (Lipinski definition) is 3. The lowest BCUT2D eigenvalue weighted by atomic mass is 10.1. The molecule has 0 bridgehead atoms. The molecule has 0 spiro atoms. The molecule has 20 heavy (non-hydrogen) atoms. The molecular formula is C17H30N2O. The van der Waals surface area contributed by atoms with Crippen molar-refractivity contribution in [2.75, 3.05) is 0 Å². The largest absolute Gasteiger partial charge is 0.490 e. The molecule has 0 aliphatic heterocycles. The van der Waals surface area contributed by atoms with Crippen molar-refractivity contribution in [2.24, 2.45) is 0 Å². The zero-order valence-electron chi connectivity index (χ0n) is 13.5. The third-order valence-electron chi connectivity index (χ3n) is 3.35. The quantitative estimate of drug-likeness (QED) is 0.647. The van der Waals surface area contributed by atoms with Crippen LogP contribution in [0.4, 0.5) is 0 Å². The lowest BCUT2D eigenvalue weighted by Gasteiger charge is -2.18. The minimum Gasteiger partial charge on any atom is -0.490 e. The van der Waals surface area contributed by atoms with Crippen molar-refractivity contribution in [3.05, 3.63) is 24.0 Å². The Morgan fingerprint density at radius 2 is 2.00 bits per heavy atom. The van der Waals surface area contributed by atoms with Crippen LogP contribution in [0.15, 0.2) is 18.5 Å². The number of rotatable bonds is 10. The molecule has 1 aromatic rings. The van der Waals surface area contributed by atoms with Gasteiger partial charge in [0.15, 0.2) is 0 Å². The van der Waals surface area contributed by atoms with Gasteiger partial charge >= 0.3 is 0 Å². The summed E-state index contributed by atoms with van der Waals surface area (Å²) in [5, 5.41) is 3.42. The zero-order chi connectivity index (χ0) is 14.8. The molecule has 0 radical (unpaired) electrons. The van der Waals surface area contributed by atoms with Crippen molar-refractivity contribution in [2.45, 2.75) is 78.5 Å². The van der Waals surface area contributed by atoms with Crippen LogP contribution in [0.25, 0.3) is 0 Å². The molecule has 3 heteroatoms. The van der Waals surface area contributed by atoms with Crippen molar-refractivity contribution in [3.63, 3.8) is 0 Å². The van der Waals surface area contributed by atoms with Gasteiger partial charge in [-0.3, -0.25) is 4.98 Å². The van der Waals surface area contributed by atoms with Crippen molar-refractivity contribution in [1.29, 1.82) is 0 Å². The monoisotopic (exact) mass is 278 g/mol. The van der Waals surface area contributed by atoms with Gasteiger partial charge in [-0.05, 0) is 25.8 Å². The van der Waals surface area contributed by atoms with Crippen LogP contribution in [0.3, 0.4) is 0 Å². The van der Waals surface area contributed by atoms with E-state index in [2.05, 4.69) is 38.0 Å². The van der Waals surface area contributed by atoms with Gasteiger partial charge < -0.3 is 10.1 Å². The van der Waals surface area contributed by atoms with Crippen LogP contribution in [0.5, 0.6) is 5.75 Å². The van der Waals surface area contributed by atoms with E-state index in [9.17, 15) is 0 Å². The van der Waals surface area contributed by atoms with Crippen LogP contribution in [0, 0.1) is 0 Å². The fourth-order valence-electron chi connectivity index (χ4n) is 2.11. The highest BCUT2D eigenvalue weighted by molar-refractivity contribution is 5.30. The van der Waals surface area contributed by atoms with Gasteiger partial charge in [-0.2, -0.15) is 0 Å². The summed E-state index contributed by atoms with van der Waals surface area (Å²) in [5.41, 5.74) is 1.14. The van der Waals surface area contributed by atoms with E-state index in [0.29, 0.717) is 6.04 Å². The Bertz CT molecular complexity index is 366. The fraction of sp³-hybridized carbons (Fsp3) is 0.706. The summed E-state index contributed by atoms with van der Waals surface area (Å²) < 4.78 is 6.08. The maximum absolute atomic E-state index is 6.08. The van der Waals surface area contributed by atoms with Crippen LogP contribution in [0.2, 0.25) is 0 Å². The van der Waals surface area contributed by atoms with Gasteiger partial charge in [-0.25, -0.2) is 0 Å². The molecule has 1 rings (SSSR count). The van der Waals surface area contributed by atoms with E-state index in [4.69, 9.17) is 4.74 Å². The zero-order valence-corrected chi connectivity index (χ0v) is 13.5. The number of aromatic nitrogens is 1. The topological polar surface area (TPSA) is 34.1 Å². The number of unbranched alkanes of at least 4 members (excludes halogenated alkanes) is 3. The van der Waals surface area contributed by atoms with Crippen LogP contribution in [-0.2, 0) is 6.54 Å². The molecule has 1 N–H and O–H groups in total. The van der Waals surface area contributed by atoms with Crippen LogP contribution >= 0.6 is 0 Å². The normalized spacial score (nSPS) is 12.7. The number of ether oxygens (including phenoxy) is 1. The molecule has 0 fully saturated rings. The summed E-state index contributed by atoms with van der Waals surface area (Å²) in [6.07, 6.45) is 10.3. The first-order chi connectivity index (χ1) is 9.63. The molecule has 1 unspecified atom stereocenters. The molecule has 1 atom stereocenters. The van der Waals surface area contributed by atoms with Gasteiger partial charge in [-0.1, -0.05) is 40.0 Å². The van der Waals surface area contributed by atoms with Crippen LogP contribution in [0.1, 0.15) is 65.4 Å². The summed E-state index contributed by atoms with van der Waals surface area (Å²) in [5.74, 6) is 0.969. The number of pyridine rings is 1. The van der Waals surface area contributed by atoms with E-state index in [1.54, 1.807) is 6.20 Å². The summed E-state index contributed by atoms with van der Waals surface area (Å²) in [7, 11) is 0. The second kappa shape index (κ2) is 9.76. The molecule has 0 aliphatic carbocycles. The first kappa shape index (κ1) is 17.0. The average molecular weight is 278 g/mol. The lowest BCUT2D eigenvalue weighted by Crippen LogP contribution is -2.23. The minimum atomic E-state index is 0.270. The predicted molar refractivity (Wildman–Crippen MR) is 85.1 cm³/mol. The maximum Gasteiger partial charge on any atom is 0.127 e. The summed E-state index contributed by atoms with van der Waals surface area (Å²) in [6, 6.07) is 2.44. The molecule has 3 nitrogen and oxygen atoms in total. The summed E-state index contributed by atoms with van der Waals surface area (Å²) >= 11 is 0. The van der Waals surface area contributed by atoms with Crippen molar-refractivity contribution >= 4 is 0 Å². The highest BCUT2D eigenvalue weighted by atomic mass is 16.5. The molecule has 0 aliphatic rings. The number of nitrogens with zero attached hydrogens (tertiary/aromatic N) is 1. The highest BCUT2D eigenvalue weighted by Gasteiger charge is 2.08. The predicted octanol–water partition coefficient (Wildman–Crippen LogP) is 4.32. The molecule has 1 aromatic heterocycles. The fourth-order valence-corrected chi connectivity index (χ4v) is 2.11. The third-order valence-corrected chi connectivity index (χ3v) is 3.35. The summed E-state index contributed by atoms with van der Waals surface area (Å²) in [6.45, 7) is 9.50. The van der Waals surface area contributed by atoms with Gasteiger partial charge in [0.25, 0.3) is 0 Å². The minimum absolute atomic E-state index is 0.270. The first-order valence-corrected chi connectivity index (χ1v) is 7.96. The number of hydrogen-bond donors (Lipinski definition) is 1. The van der Waals surface area contributed by atoms with E-state index in [1.807, 2.05) is 12.3 Å². The molecule has 0 amide bonds. The van der Waals surface area contributed by atoms with E-state index in [0.717, 1.165) is 24.3 Å². The Kier molecular flexibility index (Phi) is 8.28. The van der Waals surface area contributed by atoms with Gasteiger partial charge in [0.2, 0.25) is 0 Å². The van der Waals surface area contributed by atoms with Gasteiger partial charge in [0.1, 0.15) is 5.75 Å². The van der Waals surface area contributed by atoms with Gasteiger partial charge in [0, 0.05) is 30.5 Å². The Morgan fingerprint density at radius 3 is 2.70 bits per heavy atom. The maximum atomic E-state index is 6.08. The standard InChI is InChI=1S/C17H30N2O/c1-5-6-7-8-9-15(4)20-17-10-11-18-12-16(17)13-19-14(2)3/h10-12,14-15,19H,5-9,13H2,1-4H3. The van der Waals surface area contributed by atoms with E-state index < -0.39 is 0 Å². The molecule has 114 valence electrons. The third kappa shape index (κ3) is 6.90. The second-order valence-corrected chi connectivity index (χ2v) is 5.80. The smallest absolute Gasteiger partial charge is 0.127 e. The lowest BCUT2D eigenvalue weighted by molar-refractivity contribution is 0.203. The van der Waals surface area contributed by atoms with Crippen molar-refractivity contribution < 1.29 is 4.74 Å². The molecule has 0 saturated heterocycles. The Hall–Kier alpha value is -1.09. The van der Waals surface area contributed by atoms with Crippen molar-refractivity contribution in [1.82, 2.24) is 10.3 Å². The first-order valence-electron chi connectivity index (χ1n) is 7.96. The summed E-state index contributed by atoms with van der Waals surface area (Å²) in [4.78, 5) is 4.20. The van der Waals surface area contributed by atoms with Crippen molar-refractivity contribution in [3.8, 4) is 5.75 Å². The SMILES string of the molecule is CCCCCCC(C)Oc1ccncc1CNC(C)C. The Labute approximate surface area is 124 Å². The second-order valence-electron chi connectivity index (χ2n) is 5.80. The Balaban J connectivity index is 2.45. The molecule has 1 heterocycles. The van der Waals surface area contributed by atoms with E-state index >= 15 is 0 Å². The Morgan fingerprint density at radius 1 is 1.20 bits per heavy atom. The molecule has 0 saturated carbocycles. The molecule has 0 aromatic carbocycles. The average Bonchev–Trinajstić information content (AvgIpc) is 2.42. The van der Waals surface area contributed by atoms with Crippen LogP contribution in [-0.4, -0.2) is 17.1 Å². The molecular weight excluding hydrogens is 248 g/mol. The van der Waals surface area contributed by atoms with Crippen LogP contribution < -0.4 is 10.1 Å². The van der Waals surface area contributed by atoms with E-state index in [1.165, 1.54) is 25.7 Å². The van der Waals surface area contributed by atoms with Gasteiger partial charge in [-0.15, -0.1) is 0 Å². The number of nitrogens with one attached hydrogen (secondary N) is 1.